The summed E-state index contributed by atoms with van der Waals surface area (Å²) in [6.45, 7) is 0.109. The van der Waals surface area contributed by atoms with Crippen molar-refractivity contribution < 1.29 is 26.4 Å². The fourth-order valence-electron chi connectivity index (χ4n) is 1.20. The van der Waals surface area contributed by atoms with Crippen molar-refractivity contribution in [2.75, 3.05) is 20.8 Å². The number of rotatable bonds is 6. The highest BCUT2D eigenvalue weighted by molar-refractivity contribution is 6.36. The Balaban J connectivity index is 2.55. The third-order valence-corrected chi connectivity index (χ3v) is 3.12. The molecule has 7 heteroatoms. The lowest BCUT2D eigenvalue weighted by Gasteiger charge is -2.09. The standard InChI is InChI=1S/C10H12F3O3Si/c1-14-17(15-2)16-4-3-7-5-9(12)10(13)6-8(7)11/h5-6H,3-4H2,1-2H3. The Morgan fingerprint density at radius 2 is 1.59 bits per heavy atom. The van der Waals surface area contributed by atoms with E-state index in [4.69, 9.17) is 13.3 Å². The van der Waals surface area contributed by atoms with Crippen molar-refractivity contribution in [3.8, 4) is 0 Å². The average molecular weight is 265 g/mol. The van der Waals surface area contributed by atoms with E-state index < -0.39 is 27.0 Å². The van der Waals surface area contributed by atoms with Crippen LogP contribution in [-0.2, 0) is 19.7 Å². The Kier molecular flexibility index (Phi) is 5.62. The van der Waals surface area contributed by atoms with Crippen LogP contribution < -0.4 is 0 Å². The molecule has 0 heterocycles. The largest absolute Gasteiger partial charge is 0.577 e. The van der Waals surface area contributed by atoms with Crippen molar-refractivity contribution in [3.63, 3.8) is 0 Å². The van der Waals surface area contributed by atoms with Crippen LogP contribution in [0.4, 0.5) is 13.2 Å². The van der Waals surface area contributed by atoms with Gasteiger partial charge in [0.15, 0.2) is 11.6 Å². The fourth-order valence-corrected chi connectivity index (χ4v) is 1.87. The van der Waals surface area contributed by atoms with Crippen LogP contribution in [-0.4, -0.2) is 30.4 Å². The summed E-state index contributed by atoms with van der Waals surface area (Å²) in [6, 6.07) is 1.34. The number of benzene rings is 1. The van der Waals surface area contributed by atoms with Gasteiger partial charge < -0.3 is 13.3 Å². The van der Waals surface area contributed by atoms with Crippen molar-refractivity contribution in [1.82, 2.24) is 0 Å². The molecule has 0 aromatic heterocycles. The van der Waals surface area contributed by atoms with Gasteiger partial charge in [0.1, 0.15) is 5.82 Å². The predicted octanol–water partition coefficient (Wildman–Crippen LogP) is 1.94. The molecule has 1 radical (unpaired) electrons. The minimum atomic E-state index is -1.81. The SMILES string of the molecule is CO[Si](OC)OCCc1cc(F)c(F)cc1F. The van der Waals surface area contributed by atoms with Gasteiger partial charge in [-0.1, -0.05) is 0 Å². The molecule has 0 saturated carbocycles. The van der Waals surface area contributed by atoms with Crippen molar-refractivity contribution in [3.05, 3.63) is 35.1 Å². The van der Waals surface area contributed by atoms with Gasteiger partial charge in [-0.3, -0.25) is 0 Å². The predicted molar refractivity (Wildman–Crippen MR) is 55.7 cm³/mol. The third kappa shape index (κ3) is 4.12. The highest BCUT2D eigenvalue weighted by atomic mass is 28.3. The maximum absolute atomic E-state index is 13.2. The second kappa shape index (κ2) is 6.75. The molecule has 0 aliphatic carbocycles. The van der Waals surface area contributed by atoms with Crippen LogP contribution in [0, 0.1) is 17.5 Å². The molecule has 95 valence electrons. The zero-order chi connectivity index (χ0) is 12.8. The molecule has 17 heavy (non-hydrogen) atoms. The van der Waals surface area contributed by atoms with Crippen LogP contribution >= 0.6 is 0 Å². The molecule has 0 aliphatic rings. The maximum atomic E-state index is 13.2. The smallest absolute Gasteiger partial charge is 0.375 e. The van der Waals surface area contributed by atoms with E-state index in [1.165, 1.54) is 14.2 Å². The first-order valence-electron chi connectivity index (χ1n) is 4.79. The minimum Gasteiger partial charge on any atom is -0.375 e. The van der Waals surface area contributed by atoms with Crippen LogP contribution in [0.1, 0.15) is 5.56 Å². The number of hydrogen-bond acceptors (Lipinski definition) is 3. The number of halogens is 3. The van der Waals surface area contributed by atoms with Crippen molar-refractivity contribution >= 4 is 9.53 Å². The second-order valence-electron chi connectivity index (χ2n) is 3.11. The van der Waals surface area contributed by atoms with E-state index in [1.807, 2.05) is 0 Å². The number of hydrogen-bond donors (Lipinski definition) is 0. The molecule has 0 amide bonds. The van der Waals surface area contributed by atoms with Gasteiger partial charge in [-0.2, -0.15) is 0 Å². The van der Waals surface area contributed by atoms with Crippen molar-refractivity contribution in [1.29, 1.82) is 0 Å². The molecule has 0 bridgehead atoms. The molecule has 0 unspecified atom stereocenters. The summed E-state index contributed by atoms with van der Waals surface area (Å²) < 4.78 is 53.5. The first-order chi connectivity index (χ1) is 8.08. The van der Waals surface area contributed by atoms with E-state index in [9.17, 15) is 13.2 Å². The molecular formula is C10H12F3O3Si. The van der Waals surface area contributed by atoms with Crippen molar-refractivity contribution in [2.45, 2.75) is 6.42 Å². The summed E-state index contributed by atoms with van der Waals surface area (Å²) in [5, 5.41) is 0. The Morgan fingerprint density at radius 3 is 2.18 bits per heavy atom. The monoisotopic (exact) mass is 265 g/mol. The summed E-state index contributed by atoms with van der Waals surface area (Å²) >= 11 is 0. The van der Waals surface area contributed by atoms with E-state index in [1.54, 1.807) is 0 Å². The van der Waals surface area contributed by atoms with Gasteiger partial charge in [-0.15, -0.1) is 0 Å². The summed E-state index contributed by atoms with van der Waals surface area (Å²) in [5.74, 6) is -3.08. The van der Waals surface area contributed by atoms with Gasteiger partial charge in [-0.25, -0.2) is 13.2 Å². The summed E-state index contributed by atoms with van der Waals surface area (Å²) in [7, 11) is 1.04. The lowest BCUT2D eigenvalue weighted by molar-refractivity contribution is 0.136. The molecule has 1 aromatic carbocycles. The highest BCUT2D eigenvalue weighted by Gasteiger charge is 2.15. The molecule has 0 aliphatic heterocycles. The van der Waals surface area contributed by atoms with E-state index in [0.29, 0.717) is 6.07 Å². The normalized spacial score (nSPS) is 11.2. The molecule has 0 N–H and O–H groups in total. The first-order valence-corrected chi connectivity index (χ1v) is 6.02. The van der Waals surface area contributed by atoms with Crippen LogP contribution in [0.2, 0.25) is 0 Å². The van der Waals surface area contributed by atoms with Crippen LogP contribution in [0.15, 0.2) is 12.1 Å². The van der Waals surface area contributed by atoms with E-state index >= 15 is 0 Å². The summed E-state index contributed by atoms with van der Waals surface area (Å²) in [5.41, 5.74) is 0.0532. The highest BCUT2D eigenvalue weighted by Crippen LogP contribution is 2.14. The van der Waals surface area contributed by atoms with Gasteiger partial charge in [-0.05, 0) is 18.1 Å². The summed E-state index contributed by atoms with van der Waals surface area (Å²) in [4.78, 5) is 0. The zero-order valence-corrected chi connectivity index (χ0v) is 10.4. The Morgan fingerprint density at radius 1 is 1.00 bits per heavy atom. The van der Waals surface area contributed by atoms with Gasteiger partial charge >= 0.3 is 9.53 Å². The van der Waals surface area contributed by atoms with Gasteiger partial charge in [0, 0.05) is 26.9 Å². The van der Waals surface area contributed by atoms with Gasteiger partial charge in [0.2, 0.25) is 0 Å². The van der Waals surface area contributed by atoms with Crippen LogP contribution in [0.25, 0.3) is 0 Å². The second-order valence-corrected chi connectivity index (χ2v) is 4.72. The lowest BCUT2D eigenvalue weighted by atomic mass is 10.1. The molecular weight excluding hydrogens is 253 g/mol. The quantitative estimate of drug-likeness (QED) is 0.581. The lowest BCUT2D eigenvalue weighted by Crippen LogP contribution is -2.25. The summed E-state index contributed by atoms with van der Waals surface area (Å²) in [6.07, 6.45) is 0.115. The van der Waals surface area contributed by atoms with E-state index in [2.05, 4.69) is 0 Å². The zero-order valence-electron chi connectivity index (χ0n) is 9.43. The molecule has 0 atom stereocenters. The van der Waals surface area contributed by atoms with E-state index in [0.717, 1.165) is 6.07 Å². The van der Waals surface area contributed by atoms with E-state index in [-0.39, 0.29) is 18.6 Å². The van der Waals surface area contributed by atoms with Gasteiger partial charge in [0.25, 0.3) is 0 Å². The topological polar surface area (TPSA) is 27.7 Å². The Bertz CT molecular complexity index is 372. The fraction of sp³-hybridized carbons (Fsp3) is 0.400. The van der Waals surface area contributed by atoms with Gasteiger partial charge in [0.05, 0.1) is 0 Å². The molecule has 0 fully saturated rings. The Labute approximate surface area is 99.1 Å². The first kappa shape index (κ1) is 14.2. The maximum Gasteiger partial charge on any atom is 0.577 e. The minimum absolute atomic E-state index is 0.0532. The molecule has 0 spiro atoms. The molecule has 1 aromatic rings. The van der Waals surface area contributed by atoms with Crippen LogP contribution in [0.3, 0.4) is 0 Å². The molecule has 3 nitrogen and oxygen atoms in total. The third-order valence-electron chi connectivity index (χ3n) is 2.01. The van der Waals surface area contributed by atoms with Crippen molar-refractivity contribution in [2.24, 2.45) is 0 Å². The van der Waals surface area contributed by atoms with Crippen LogP contribution in [0.5, 0.6) is 0 Å². The Hall–Kier alpha value is -0.893. The molecule has 0 saturated heterocycles. The average Bonchev–Trinajstić information content (AvgIpc) is 2.31. The molecule has 1 rings (SSSR count).